The zero-order valence-corrected chi connectivity index (χ0v) is 19.0. The summed E-state index contributed by atoms with van der Waals surface area (Å²) in [6.45, 7) is 3.06. The molecule has 1 aromatic rings. The number of carbonyl (C=O) groups excluding carboxylic acids is 3. The van der Waals surface area contributed by atoms with Gasteiger partial charge in [0, 0.05) is 12.2 Å². The molecule has 0 heterocycles. The first-order valence-corrected chi connectivity index (χ1v) is 10.9. The van der Waals surface area contributed by atoms with Gasteiger partial charge in [-0.1, -0.05) is 44.2 Å². The summed E-state index contributed by atoms with van der Waals surface area (Å²) in [6, 6.07) is 4.37. The van der Waals surface area contributed by atoms with Crippen LogP contribution >= 0.6 is 12.6 Å². The fraction of sp³-hybridized carbons (Fsp3) is 0.524. The molecule has 178 valence electrons. The highest BCUT2D eigenvalue weighted by atomic mass is 32.1. The van der Waals surface area contributed by atoms with Gasteiger partial charge in [0.25, 0.3) is 0 Å². The largest absolute Gasteiger partial charge is 0.480 e. The Morgan fingerprint density at radius 1 is 0.938 bits per heavy atom. The molecule has 32 heavy (non-hydrogen) atoms. The second kappa shape index (κ2) is 13.7. The number of nitrogens with two attached hydrogens (primary N) is 1. The highest BCUT2D eigenvalue weighted by Crippen LogP contribution is 2.07. The number of aliphatic carboxylic acids is 1. The van der Waals surface area contributed by atoms with Gasteiger partial charge in [-0.3, -0.25) is 14.4 Å². The van der Waals surface area contributed by atoms with E-state index in [1.54, 1.807) is 30.3 Å². The third kappa shape index (κ3) is 9.25. The minimum atomic E-state index is -1.21. The van der Waals surface area contributed by atoms with Crippen LogP contribution in [0.3, 0.4) is 0 Å². The molecule has 11 heteroatoms. The number of carbonyl (C=O) groups is 4. The van der Waals surface area contributed by atoms with Crippen molar-refractivity contribution in [2.24, 2.45) is 11.7 Å². The number of hydrogen-bond acceptors (Lipinski definition) is 7. The molecule has 4 unspecified atom stereocenters. The molecule has 0 fully saturated rings. The van der Waals surface area contributed by atoms with Crippen molar-refractivity contribution >= 4 is 36.3 Å². The standard InChI is InChI=1S/C21H32N4O6S/c1-12(2)8-16(21(30)31)24-20(29)17(11-32)25-19(28)15(23-18(27)14(22)10-26)9-13-6-4-3-5-7-13/h3-7,12,14-17,26,32H,8-11,22H2,1-2H3,(H,23,27)(H,24,29)(H,25,28)(H,30,31). The summed E-state index contributed by atoms with van der Waals surface area (Å²) in [5, 5.41) is 25.8. The van der Waals surface area contributed by atoms with Crippen LogP contribution in [0, 0.1) is 5.92 Å². The molecule has 1 aromatic carbocycles. The zero-order valence-electron chi connectivity index (χ0n) is 18.2. The van der Waals surface area contributed by atoms with E-state index in [1.165, 1.54) is 0 Å². The summed E-state index contributed by atoms with van der Waals surface area (Å²) < 4.78 is 0. The molecule has 7 N–H and O–H groups in total. The molecule has 0 radical (unpaired) electrons. The average molecular weight is 469 g/mol. The molecule has 0 saturated heterocycles. The number of amides is 3. The predicted octanol–water partition coefficient (Wildman–Crippen LogP) is -0.936. The number of hydrogen-bond donors (Lipinski definition) is 7. The maximum atomic E-state index is 12.9. The lowest BCUT2D eigenvalue weighted by atomic mass is 10.0. The first-order valence-electron chi connectivity index (χ1n) is 10.2. The molecule has 0 aromatic heterocycles. The summed E-state index contributed by atoms with van der Waals surface area (Å²) in [5.41, 5.74) is 6.28. The van der Waals surface area contributed by atoms with Gasteiger partial charge >= 0.3 is 5.97 Å². The van der Waals surface area contributed by atoms with Crippen molar-refractivity contribution in [3.63, 3.8) is 0 Å². The fourth-order valence-electron chi connectivity index (χ4n) is 2.85. The Morgan fingerprint density at radius 3 is 1.97 bits per heavy atom. The van der Waals surface area contributed by atoms with E-state index in [0.29, 0.717) is 0 Å². The molecule has 0 bridgehead atoms. The second-order valence-electron chi connectivity index (χ2n) is 7.81. The number of carboxylic acid groups (broad SMARTS) is 1. The van der Waals surface area contributed by atoms with E-state index in [1.807, 2.05) is 13.8 Å². The Bertz CT molecular complexity index is 777. The molecule has 1 rings (SSSR count). The summed E-state index contributed by atoms with van der Waals surface area (Å²) in [6.07, 6.45) is 0.336. The van der Waals surface area contributed by atoms with E-state index in [-0.39, 0.29) is 24.5 Å². The molecule has 0 spiro atoms. The van der Waals surface area contributed by atoms with E-state index in [9.17, 15) is 24.3 Å². The minimum absolute atomic E-state index is 0.0293. The topological polar surface area (TPSA) is 171 Å². The fourth-order valence-corrected chi connectivity index (χ4v) is 3.11. The third-order valence-electron chi connectivity index (χ3n) is 4.59. The molecule has 4 atom stereocenters. The number of carboxylic acids is 1. The van der Waals surface area contributed by atoms with E-state index < -0.39 is 54.5 Å². The quantitative estimate of drug-likeness (QED) is 0.183. The lowest BCUT2D eigenvalue weighted by Crippen LogP contribution is -2.58. The molecule has 0 aliphatic carbocycles. The Labute approximate surface area is 192 Å². The van der Waals surface area contributed by atoms with E-state index in [2.05, 4.69) is 28.6 Å². The van der Waals surface area contributed by atoms with Crippen LogP contribution in [-0.4, -0.2) is 70.4 Å². The monoisotopic (exact) mass is 468 g/mol. The van der Waals surface area contributed by atoms with Crippen LogP contribution in [0.5, 0.6) is 0 Å². The summed E-state index contributed by atoms with van der Waals surface area (Å²) in [5.74, 6) is -3.33. The maximum Gasteiger partial charge on any atom is 0.326 e. The van der Waals surface area contributed by atoms with Crippen molar-refractivity contribution in [2.45, 2.75) is 50.9 Å². The van der Waals surface area contributed by atoms with Gasteiger partial charge in [-0.25, -0.2) is 4.79 Å². The van der Waals surface area contributed by atoms with Crippen LogP contribution < -0.4 is 21.7 Å². The molecular weight excluding hydrogens is 436 g/mol. The number of thiol groups is 1. The maximum absolute atomic E-state index is 12.9. The van der Waals surface area contributed by atoms with Gasteiger partial charge in [-0.2, -0.15) is 12.6 Å². The van der Waals surface area contributed by atoms with Gasteiger partial charge in [0.15, 0.2) is 0 Å². The smallest absolute Gasteiger partial charge is 0.326 e. The van der Waals surface area contributed by atoms with Crippen molar-refractivity contribution in [3.8, 4) is 0 Å². The molecule has 3 amide bonds. The van der Waals surface area contributed by atoms with Crippen molar-refractivity contribution in [1.29, 1.82) is 0 Å². The normalized spacial score (nSPS) is 14.7. The van der Waals surface area contributed by atoms with Crippen molar-refractivity contribution < 1.29 is 29.4 Å². The molecule has 0 aliphatic heterocycles. The second-order valence-corrected chi connectivity index (χ2v) is 8.18. The first kappa shape index (κ1) is 27.4. The highest BCUT2D eigenvalue weighted by Gasteiger charge is 2.30. The minimum Gasteiger partial charge on any atom is -0.480 e. The Balaban J connectivity index is 2.94. The van der Waals surface area contributed by atoms with E-state index in [0.717, 1.165) is 5.56 Å². The lowest BCUT2D eigenvalue weighted by molar-refractivity contribution is -0.142. The first-order chi connectivity index (χ1) is 15.1. The van der Waals surface area contributed by atoms with Crippen LogP contribution in [0.25, 0.3) is 0 Å². The van der Waals surface area contributed by atoms with Gasteiger partial charge < -0.3 is 31.9 Å². The number of rotatable bonds is 13. The van der Waals surface area contributed by atoms with Gasteiger partial charge in [0.1, 0.15) is 24.2 Å². The molecular formula is C21H32N4O6S. The van der Waals surface area contributed by atoms with Crippen LogP contribution in [0.2, 0.25) is 0 Å². The van der Waals surface area contributed by atoms with Gasteiger partial charge in [0.05, 0.1) is 6.61 Å². The summed E-state index contributed by atoms with van der Waals surface area (Å²) in [4.78, 5) is 49.1. The van der Waals surface area contributed by atoms with E-state index >= 15 is 0 Å². The van der Waals surface area contributed by atoms with Crippen molar-refractivity contribution in [2.75, 3.05) is 12.4 Å². The van der Waals surface area contributed by atoms with Crippen LogP contribution in [0.4, 0.5) is 0 Å². The number of aliphatic hydroxyl groups is 1. The molecule has 0 saturated carbocycles. The van der Waals surface area contributed by atoms with Gasteiger partial charge in [0.2, 0.25) is 17.7 Å². The molecule has 0 aliphatic rings. The average Bonchev–Trinajstić information content (AvgIpc) is 2.75. The van der Waals surface area contributed by atoms with Crippen molar-refractivity contribution in [1.82, 2.24) is 16.0 Å². The number of aliphatic hydroxyl groups excluding tert-OH is 1. The van der Waals surface area contributed by atoms with Gasteiger partial charge in [-0.05, 0) is 17.9 Å². The predicted molar refractivity (Wildman–Crippen MR) is 122 cm³/mol. The third-order valence-corrected chi connectivity index (χ3v) is 4.95. The van der Waals surface area contributed by atoms with Gasteiger partial charge in [-0.15, -0.1) is 0 Å². The lowest BCUT2D eigenvalue weighted by Gasteiger charge is -2.24. The van der Waals surface area contributed by atoms with E-state index in [4.69, 9.17) is 10.8 Å². The number of benzene rings is 1. The highest BCUT2D eigenvalue weighted by molar-refractivity contribution is 7.80. The zero-order chi connectivity index (χ0) is 24.3. The van der Waals surface area contributed by atoms with Crippen molar-refractivity contribution in [3.05, 3.63) is 35.9 Å². The summed E-state index contributed by atoms with van der Waals surface area (Å²) >= 11 is 4.10. The van der Waals surface area contributed by atoms with Crippen LogP contribution in [-0.2, 0) is 25.6 Å². The Hall–Kier alpha value is -2.63. The summed E-state index contributed by atoms with van der Waals surface area (Å²) in [7, 11) is 0. The Kier molecular flexibility index (Phi) is 11.7. The van der Waals surface area contributed by atoms with Crippen LogP contribution in [0.15, 0.2) is 30.3 Å². The molecule has 10 nitrogen and oxygen atoms in total. The Morgan fingerprint density at radius 2 is 1.47 bits per heavy atom. The SMILES string of the molecule is CC(C)CC(NC(=O)C(CS)NC(=O)C(Cc1ccccc1)NC(=O)C(N)CO)C(=O)O. The van der Waals surface area contributed by atoms with Crippen LogP contribution in [0.1, 0.15) is 25.8 Å². The number of nitrogens with one attached hydrogen (secondary N) is 3.